The van der Waals surface area contributed by atoms with Gasteiger partial charge in [-0.2, -0.15) is 5.10 Å². The largest absolute Gasteiger partial charge is 0.497 e. The lowest BCUT2D eigenvalue weighted by Crippen LogP contribution is -2.36. The first-order valence-electron chi connectivity index (χ1n) is 11.5. The number of rotatable bonds is 14. The molecule has 3 aromatic rings. The summed E-state index contributed by atoms with van der Waals surface area (Å²) in [5, 5.41) is 15.3. The maximum absolute atomic E-state index is 10.5. The minimum atomic E-state index is -0.614. The lowest BCUT2D eigenvalue weighted by molar-refractivity contribution is 0.0148. The Morgan fingerprint density at radius 3 is 2.53 bits per heavy atom. The zero-order chi connectivity index (χ0) is 24.3. The molecular weight excluding hydrogens is 434 g/mol. The average molecular weight is 470 g/mol. The van der Waals surface area contributed by atoms with E-state index < -0.39 is 6.10 Å². The monoisotopic (exact) mass is 469 g/mol. The number of aromatic nitrogens is 2. The van der Waals surface area contributed by atoms with Crippen LogP contribution in [-0.4, -0.2) is 73.0 Å². The van der Waals surface area contributed by atoms with Gasteiger partial charge in [-0.3, -0.25) is 4.90 Å². The van der Waals surface area contributed by atoms with E-state index in [0.29, 0.717) is 50.2 Å². The SMILES string of the molecule is CCOC[C@H](O)CN(CCOC)Cc1c(-c2ccccc2)nn(C)c1Oc1cccc(OC)c1. The van der Waals surface area contributed by atoms with Gasteiger partial charge in [0.1, 0.15) is 17.2 Å². The number of aliphatic hydroxyl groups excluding tert-OH is 1. The standard InChI is InChI=1S/C26H35N3O5/c1-5-33-19-21(30)17-29(14-15-31-3)18-24-25(20-10-7-6-8-11-20)27-28(2)26(24)34-23-13-9-12-22(16-23)32-4/h6-13,16,21,30H,5,14-15,17-19H2,1-4H3/t21-/m1/s1. The fourth-order valence-corrected chi connectivity index (χ4v) is 3.71. The average Bonchev–Trinajstić information content (AvgIpc) is 3.16. The van der Waals surface area contributed by atoms with E-state index in [2.05, 4.69) is 4.90 Å². The van der Waals surface area contributed by atoms with Crippen molar-refractivity contribution >= 4 is 0 Å². The van der Waals surface area contributed by atoms with Crippen LogP contribution in [-0.2, 0) is 23.1 Å². The van der Waals surface area contributed by atoms with E-state index in [1.165, 1.54) is 0 Å². The van der Waals surface area contributed by atoms with Gasteiger partial charge in [0.05, 0.1) is 32.0 Å². The third-order valence-electron chi connectivity index (χ3n) is 5.37. The van der Waals surface area contributed by atoms with E-state index in [1.54, 1.807) is 18.9 Å². The summed E-state index contributed by atoms with van der Waals surface area (Å²) in [6.07, 6.45) is -0.614. The third kappa shape index (κ3) is 7.04. The second-order valence-corrected chi connectivity index (χ2v) is 7.94. The molecule has 1 heterocycles. The van der Waals surface area contributed by atoms with Crippen molar-refractivity contribution in [1.29, 1.82) is 0 Å². The maximum Gasteiger partial charge on any atom is 0.222 e. The lowest BCUT2D eigenvalue weighted by atomic mass is 10.1. The van der Waals surface area contributed by atoms with Crippen molar-refractivity contribution in [2.45, 2.75) is 19.6 Å². The van der Waals surface area contributed by atoms with Crippen molar-refractivity contribution in [3.05, 3.63) is 60.2 Å². The summed E-state index contributed by atoms with van der Waals surface area (Å²) in [6.45, 7) is 4.89. The second kappa shape index (κ2) is 13.1. The minimum absolute atomic E-state index is 0.283. The molecule has 0 bridgehead atoms. The molecular formula is C26H35N3O5. The summed E-state index contributed by atoms with van der Waals surface area (Å²) in [5.74, 6) is 2.00. The first-order chi connectivity index (χ1) is 16.5. The molecule has 0 saturated heterocycles. The van der Waals surface area contributed by atoms with Crippen molar-refractivity contribution in [2.24, 2.45) is 7.05 Å². The predicted octanol–water partition coefficient (Wildman–Crippen LogP) is 3.73. The molecule has 0 unspecified atom stereocenters. The number of ether oxygens (including phenoxy) is 4. The molecule has 184 valence electrons. The van der Waals surface area contributed by atoms with Crippen molar-refractivity contribution < 1.29 is 24.1 Å². The van der Waals surface area contributed by atoms with Gasteiger partial charge in [-0.1, -0.05) is 36.4 Å². The Morgan fingerprint density at radius 1 is 1.06 bits per heavy atom. The van der Waals surface area contributed by atoms with E-state index in [-0.39, 0.29) is 6.61 Å². The van der Waals surface area contributed by atoms with Crippen LogP contribution in [0.3, 0.4) is 0 Å². The van der Waals surface area contributed by atoms with Gasteiger partial charge in [0.2, 0.25) is 5.88 Å². The smallest absolute Gasteiger partial charge is 0.222 e. The number of benzene rings is 2. The van der Waals surface area contributed by atoms with Crippen LogP contribution >= 0.6 is 0 Å². The summed E-state index contributed by atoms with van der Waals surface area (Å²) < 4.78 is 24.2. The van der Waals surface area contributed by atoms with Crippen LogP contribution in [0.15, 0.2) is 54.6 Å². The van der Waals surface area contributed by atoms with Crippen molar-refractivity contribution in [1.82, 2.24) is 14.7 Å². The maximum atomic E-state index is 10.5. The third-order valence-corrected chi connectivity index (χ3v) is 5.37. The van der Waals surface area contributed by atoms with Gasteiger partial charge >= 0.3 is 0 Å². The van der Waals surface area contributed by atoms with Crippen LogP contribution < -0.4 is 9.47 Å². The first kappa shape index (κ1) is 25.7. The van der Waals surface area contributed by atoms with Gasteiger partial charge in [0.15, 0.2) is 0 Å². The molecule has 0 amide bonds. The molecule has 0 aliphatic carbocycles. The zero-order valence-corrected chi connectivity index (χ0v) is 20.4. The van der Waals surface area contributed by atoms with Crippen LogP contribution in [0.5, 0.6) is 17.4 Å². The molecule has 0 fully saturated rings. The fourth-order valence-electron chi connectivity index (χ4n) is 3.71. The molecule has 8 nitrogen and oxygen atoms in total. The number of aliphatic hydroxyl groups is 1. The zero-order valence-electron chi connectivity index (χ0n) is 20.4. The summed E-state index contributed by atoms with van der Waals surface area (Å²) in [7, 11) is 5.17. The normalized spacial score (nSPS) is 12.2. The number of methoxy groups -OCH3 is 2. The van der Waals surface area contributed by atoms with Crippen LogP contribution in [0, 0.1) is 0 Å². The number of aryl methyl sites for hydroxylation is 1. The molecule has 0 spiro atoms. The number of hydrogen-bond donors (Lipinski definition) is 1. The minimum Gasteiger partial charge on any atom is -0.497 e. The van der Waals surface area contributed by atoms with E-state index in [9.17, 15) is 5.11 Å². The highest BCUT2D eigenvalue weighted by Gasteiger charge is 2.23. The Kier molecular flexibility index (Phi) is 9.90. The Morgan fingerprint density at radius 2 is 1.82 bits per heavy atom. The Labute approximate surface area is 201 Å². The van der Waals surface area contributed by atoms with Gasteiger partial charge in [-0.15, -0.1) is 0 Å². The molecule has 1 aromatic heterocycles. The quantitative estimate of drug-likeness (QED) is 0.385. The molecule has 34 heavy (non-hydrogen) atoms. The van der Waals surface area contributed by atoms with Gasteiger partial charge in [0, 0.05) is 52.0 Å². The predicted molar refractivity (Wildman–Crippen MR) is 131 cm³/mol. The van der Waals surface area contributed by atoms with E-state index >= 15 is 0 Å². The Balaban J connectivity index is 1.96. The molecule has 0 radical (unpaired) electrons. The summed E-state index contributed by atoms with van der Waals surface area (Å²) >= 11 is 0. The summed E-state index contributed by atoms with van der Waals surface area (Å²) in [5.41, 5.74) is 2.76. The van der Waals surface area contributed by atoms with Crippen molar-refractivity contribution in [3.63, 3.8) is 0 Å². The highest BCUT2D eigenvalue weighted by atomic mass is 16.5. The van der Waals surface area contributed by atoms with E-state index in [0.717, 1.165) is 16.8 Å². The summed E-state index contributed by atoms with van der Waals surface area (Å²) in [4.78, 5) is 2.13. The molecule has 1 atom stereocenters. The van der Waals surface area contributed by atoms with Gasteiger partial charge in [-0.25, -0.2) is 4.68 Å². The number of nitrogens with zero attached hydrogens (tertiary/aromatic N) is 3. The van der Waals surface area contributed by atoms with E-state index in [4.69, 9.17) is 24.0 Å². The van der Waals surface area contributed by atoms with Gasteiger partial charge in [0.25, 0.3) is 0 Å². The van der Waals surface area contributed by atoms with Crippen molar-refractivity contribution in [3.8, 4) is 28.6 Å². The van der Waals surface area contributed by atoms with Crippen LogP contribution in [0.2, 0.25) is 0 Å². The summed E-state index contributed by atoms with van der Waals surface area (Å²) in [6, 6.07) is 17.5. The van der Waals surface area contributed by atoms with Crippen LogP contribution in [0.1, 0.15) is 12.5 Å². The van der Waals surface area contributed by atoms with Crippen LogP contribution in [0.4, 0.5) is 0 Å². The molecule has 0 aliphatic heterocycles. The van der Waals surface area contributed by atoms with Crippen molar-refractivity contribution in [2.75, 3.05) is 47.1 Å². The molecule has 8 heteroatoms. The Hall–Kier alpha value is -2.91. The van der Waals surface area contributed by atoms with E-state index in [1.807, 2.05) is 68.6 Å². The topological polar surface area (TPSA) is 78.2 Å². The molecule has 3 rings (SSSR count). The molecule has 0 saturated carbocycles. The lowest BCUT2D eigenvalue weighted by Gasteiger charge is -2.25. The second-order valence-electron chi connectivity index (χ2n) is 7.94. The van der Waals surface area contributed by atoms with Gasteiger partial charge in [-0.05, 0) is 19.1 Å². The fraction of sp³-hybridized carbons (Fsp3) is 0.423. The molecule has 0 aliphatic rings. The molecule has 2 aromatic carbocycles. The Bertz CT molecular complexity index is 1010. The highest BCUT2D eigenvalue weighted by molar-refractivity contribution is 5.65. The highest BCUT2D eigenvalue weighted by Crippen LogP contribution is 2.35. The van der Waals surface area contributed by atoms with Crippen LogP contribution in [0.25, 0.3) is 11.3 Å². The molecule has 1 N–H and O–H groups in total. The first-order valence-corrected chi connectivity index (χ1v) is 11.5. The van der Waals surface area contributed by atoms with Gasteiger partial charge < -0.3 is 24.1 Å². The number of hydrogen-bond acceptors (Lipinski definition) is 7.